The summed E-state index contributed by atoms with van der Waals surface area (Å²) in [5, 5.41) is 14.8. The molecule has 0 aliphatic heterocycles. The fraction of sp³-hybridized carbons (Fsp3) is 0.375. The number of aromatic amines is 1. The molecule has 16 heavy (non-hydrogen) atoms. The Kier molecular flexibility index (Phi) is 4.06. The number of H-pyrrole nitrogens is 1. The summed E-state index contributed by atoms with van der Waals surface area (Å²) in [6, 6.07) is -1.55. The second-order valence-corrected chi connectivity index (χ2v) is 3.90. The Balaban J connectivity index is 2.36. The molecule has 1 heterocycles. The van der Waals surface area contributed by atoms with Gasteiger partial charge in [0.15, 0.2) is 0 Å². The molecule has 0 saturated heterocycles. The van der Waals surface area contributed by atoms with Crippen molar-refractivity contribution >= 4 is 23.3 Å². The van der Waals surface area contributed by atoms with Gasteiger partial charge in [0.1, 0.15) is 6.04 Å². The Bertz CT molecular complexity index is 438. The van der Waals surface area contributed by atoms with Crippen LogP contribution in [0.15, 0.2) is 10.2 Å². The van der Waals surface area contributed by atoms with Crippen LogP contribution in [0.3, 0.4) is 0 Å². The lowest BCUT2D eigenvalue weighted by atomic mass is 10.3. The van der Waals surface area contributed by atoms with Crippen LogP contribution in [0.1, 0.15) is 12.6 Å². The van der Waals surface area contributed by atoms with Crippen LogP contribution in [-0.2, 0) is 11.3 Å². The van der Waals surface area contributed by atoms with E-state index in [1.807, 2.05) is 0 Å². The lowest BCUT2D eigenvalue weighted by Gasteiger charge is -2.09. The van der Waals surface area contributed by atoms with Gasteiger partial charge in [0.2, 0.25) is 0 Å². The Morgan fingerprint density at radius 3 is 2.81 bits per heavy atom. The third kappa shape index (κ3) is 3.73. The van der Waals surface area contributed by atoms with Crippen molar-refractivity contribution in [1.29, 1.82) is 0 Å². The molecule has 1 rings (SSSR count). The van der Waals surface area contributed by atoms with Gasteiger partial charge in [0.25, 0.3) is 0 Å². The minimum Gasteiger partial charge on any atom is -0.480 e. The number of aliphatic carboxylic acids is 1. The molecule has 0 aliphatic carbocycles. The van der Waals surface area contributed by atoms with E-state index in [9.17, 15) is 14.4 Å². The Morgan fingerprint density at radius 1 is 1.62 bits per heavy atom. The number of carboxylic acids is 1. The van der Waals surface area contributed by atoms with Crippen LogP contribution >= 0.6 is 11.3 Å². The largest absolute Gasteiger partial charge is 0.480 e. The fourth-order valence-corrected chi connectivity index (χ4v) is 1.47. The summed E-state index contributed by atoms with van der Waals surface area (Å²) in [5.74, 6) is -1.11. The molecule has 8 heteroatoms. The Labute approximate surface area is 94.5 Å². The molecule has 0 unspecified atom stereocenters. The molecule has 88 valence electrons. The summed E-state index contributed by atoms with van der Waals surface area (Å²) in [5.41, 5.74) is 0.577. The van der Waals surface area contributed by atoms with E-state index in [1.165, 1.54) is 6.92 Å². The van der Waals surface area contributed by atoms with Gasteiger partial charge in [-0.1, -0.05) is 11.3 Å². The second-order valence-electron chi connectivity index (χ2n) is 3.06. The lowest BCUT2D eigenvalue weighted by Crippen LogP contribution is -2.44. The summed E-state index contributed by atoms with van der Waals surface area (Å²) in [7, 11) is 0. The van der Waals surface area contributed by atoms with Crippen molar-refractivity contribution in [2.45, 2.75) is 19.5 Å². The average molecular weight is 245 g/mol. The maximum Gasteiger partial charge on any atom is 0.325 e. The van der Waals surface area contributed by atoms with Crippen molar-refractivity contribution in [1.82, 2.24) is 15.6 Å². The summed E-state index contributed by atoms with van der Waals surface area (Å²) < 4.78 is 0. The monoisotopic (exact) mass is 245 g/mol. The highest BCUT2D eigenvalue weighted by molar-refractivity contribution is 7.07. The molecule has 0 saturated carbocycles. The molecule has 1 aromatic heterocycles. The predicted octanol–water partition coefficient (Wildman–Crippen LogP) is -0.291. The SMILES string of the molecule is C[C@H](NC(=O)NCc1csc(=O)[nH]1)C(=O)O. The summed E-state index contributed by atoms with van der Waals surface area (Å²) in [6.45, 7) is 1.51. The number of hydrogen-bond donors (Lipinski definition) is 4. The number of thiazole rings is 1. The smallest absolute Gasteiger partial charge is 0.325 e. The Morgan fingerprint density at radius 2 is 2.31 bits per heavy atom. The highest BCUT2D eigenvalue weighted by Crippen LogP contribution is 1.94. The van der Waals surface area contributed by atoms with E-state index in [-0.39, 0.29) is 11.4 Å². The van der Waals surface area contributed by atoms with Gasteiger partial charge in [-0.25, -0.2) is 4.79 Å². The van der Waals surface area contributed by atoms with E-state index in [2.05, 4.69) is 15.6 Å². The molecule has 4 N–H and O–H groups in total. The summed E-state index contributed by atoms with van der Waals surface area (Å²) in [6.07, 6.45) is 0. The molecule has 1 aromatic rings. The number of nitrogens with one attached hydrogen (secondary N) is 3. The molecule has 7 nitrogen and oxygen atoms in total. The van der Waals surface area contributed by atoms with E-state index < -0.39 is 18.0 Å². The molecule has 0 fully saturated rings. The van der Waals surface area contributed by atoms with Crippen LogP contribution in [0.2, 0.25) is 0 Å². The molecular weight excluding hydrogens is 234 g/mol. The molecule has 0 spiro atoms. The highest BCUT2D eigenvalue weighted by Gasteiger charge is 2.13. The lowest BCUT2D eigenvalue weighted by molar-refractivity contribution is -0.138. The highest BCUT2D eigenvalue weighted by atomic mass is 32.1. The van der Waals surface area contributed by atoms with Crippen molar-refractivity contribution < 1.29 is 14.7 Å². The average Bonchev–Trinajstić information content (AvgIpc) is 2.61. The third-order valence-corrected chi connectivity index (χ3v) is 2.45. The van der Waals surface area contributed by atoms with Gasteiger partial charge >= 0.3 is 16.9 Å². The van der Waals surface area contributed by atoms with Gasteiger partial charge in [-0.3, -0.25) is 9.59 Å². The second kappa shape index (κ2) is 5.31. The number of carbonyl (C=O) groups excluding carboxylic acids is 1. The van der Waals surface area contributed by atoms with Crippen LogP contribution in [0.5, 0.6) is 0 Å². The van der Waals surface area contributed by atoms with Gasteiger partial charge in [-0.15, -0.1) is 0 Å². The first-order chi connectivity index (χ1) is 7.49. The first-order valence-electron chi connectivity index (χ1n) is 4.43. The van der Waals surface area contributed by atoms with Crippen molar-refractivity contribution in [3.8, 4) is 0 Å². The van der Waals surface area contributed by atoms with E-state index in [1.54, 1.807) is 5.38 Å². The van der Waals surface area contributed by atoms with Gasteiger partial charge in [0.05, 0.1) is 6.54 Å². The van der Waals surface area contributed by atoms with Crippen LogP contribution in [0.4, 0.5) is 4.79 Å². The van der Waals surface area contributed by atoms with E-state index >= 15 is 0 Å². The van der Waals surface area contributed by atoms with Gasteiger partial charge in [-0.05, 0) is 6.92 Å². The van der Waals surface area contributed by atoms with Gasteiger partial charge in [0, 0.05) is 11.1 Å². The number of rotatable bonds is 4. The zero-order valence-electron chi connectivity index (χ0n) is 8.44. The van der Waals surface area contributed by atoms with Gasteiger partial charge < -0.3 is 20.7 Å². The van der Waals surface area contributed by atoms with Crippen molar-refractivity contribution in [2.75, 3.05) is 0 Å². The number of amides is 2. The summed E-state index contributed by atoms with van der Waals surface area (Å²) in [4.78, 5) is 34.7. The van der Waals surface area contributed by atoms with Crippen molar-refractivity contribution in [3.63, 3.8) is 0 Å². The molecule has 2 amide bonds. The molecule has 0 aliphatic rings. The number of carboxylic acid groups (broad SMARTS) is 1. The minimum atomic E-state index is -1.11. The van der Waals surface area contributed by atoms with Crippen molar-refractivity contribution in [3.05, 3.63) is 20.7 Å². The standard InChI is InChI=1S/C8H11N3O4S/c1-4(6(12)13)10-7(14)9-2-5-3-16-8(15)11-5/h3-4H,2H2,1H3,(H,11,15)(H,12,13)(H2,9,10,14)/t4-/m0/s1. The quantitative estimate of drug-likeness (QED) is 0.584. The third-order valence-electron chi connectivity index (χ3n) is 1.73. The fourth-order valence-electron chi connectivity index (χ4n) is 0.885. The number of carbonyl (C=O) groups is 2. The minimum absolute atomic E-state index is 0.150. The van der Waals surface area contributed by atoms with Crippen LogP contribution < -0.4 is 15.5 Å². The molecule has 0 aromatic carbocycles. The van der Waals surface area contributed by atoms with Crippen LogP contribution in [0.25, 0.3) is 0 Å². The molecule has 0 radical (unpaired) electrons. The number of hydrogen-bond acceptors (Lipinski definition) is 4. The normalized spacial score (nSPS) is 11.8. The van der Waals surface area contributed by atoms with Gasteiger partial charge in [-0.2, -0.15) is 0 Å². The first-order valence-corrected chi connectivity index (χ1v) is 5.31. The van der Waals surface area contributed by atoms with Crippen molar-refractivity contribution in [2.24, 2.45) is 0 Å². The molecule has 0 bridgehead atoms. The number of aromatic nitrogens is 1. The van der Waals surface area contributed by atoms with E-state index in [4.69, 9.17) is 5.11 Å². The maximum absolute atomic E-state index is 11.2. The first kappa shape index (κ1) is 12.2. The summed E-state index contributed by atoms with van der Waals surface area (Å²) >= 11 is 0.998. The number of urea groups is 1. The predicted molar refractivity (Wildman–Crippen MR) is 57.4 cm³/mol. The maximum atomic E-state index is 11.2. The Hall–Kier alpha value is -1.83. The van der Waals surface area contributed by atoms with Crippen LogP contribution in [-0.4, -0.2) is 28.1 Å². The van der Waals surface area contributed by atoms with E-state index in [0.29, 0.717) is 5.69 Å². The zero-order valence-corrected chi connectivity index (χ0v) is 9.26. The topological polar surface area (TPSA) is 111 Å². The molecule has 1 atom stereocenters. The van der Waals surface area contributed by atoms with E-state index in [0.717, 1.165) is 11.3 Å². The van der Waals surface area contributed by atoms with Crippen LogP contribution in [0, 0.1) is 0 Å². The molecular formula is C8H11N3O4S. The zero-order chi connectivity index (χ0) is 12.1.